The molecule has 3 rings (SSSR count). The van der Waals surface area contributed by atoms with Crippen molar-refractivity contribution in [1.29, 1.82) is 0 Å². The van der Waals surface area contributed by atoms with Crippen LogP contribution < -0.4 is 0 Å². The van der Waals surface area contributed by atoms with Gasteiger partial charge in [-0.15, -0.1) is 0 Å². The molecule has 1 heterocycles. The number of carbonyl (C=O) groups is 2. The molecule has 0 bridgehead atoms. The fourth-order valence-electron chi connectivity index (χ4n) is 3.98. The van der Waals surface area contributed by atoms with Crippen LogP contribution >= 0.6 is 0 Å². The molecule has 1 N–H and O–H groups in total. The van der Waals surface area contributed by atoms with Crippen molar-refractivity contribution in [1.82, 2.24) is 4.90 Å². The van der Waals surface area contributed by atoms with Crippen LogP contribution in [0.2, 0.25) is 0 Å². The Balaban J connectivity index is 1.66. The van der Waals surface area contributed by atoms with Crippen LogP contribution in [0.3, 0.4) is 0 Å². The third-order valence-electron chi connectivity index (χ3n) is 5.33. The second-order valence-electron chi connectivity index (χ2n) is 6.87. The summed E-state index contributed by atoms with van der Waals surface area (Å²) in [5, 5.41) is 9.09. The van der Waals surface area contributed by atoms with Gasteiger partial charge in [0.2, 0.25) is 5.91 Å². The van der Waals surface area contributed by atoms with Gasteiger partial charge in [-0.3, -0.25) is 9.59 Å². The monoisotopic (exact) mass is 319 g/mol. The van der Waals surface area contributed by atoms with Crippen LogP contribution in [0.15, 0.2) is 24.3 Å². The second-order valence-corrected chi connectivity index (χ2v) is 6.87. The third kappa shape index (κ3) is 3.23. The third-order valence-corrected chi connectivity index (χ3v) is 5.33. The molecule has 124 valence electrons. The van der Waals surface area contributed by atoms with Crippen LogP contribution in [0.5, 0.6) is 0 Å². The molecule has 1 saturated heterocycles. The highest BCUT2D eigenvalue weighted by Gasteiger charge is 2.40. The smallest absolute Gasteiger partial charge is 0.306 e. The van der Waals surface area contributed by atoms with E-state index in [0.717, 1.165) is 12.0 Å². The fraction of sp³-hybridized carbons (Fsp3) is 0.556. The zero-order valence-electron chi connectivity index (χ0n) is 13.2. The highest BCUT2D eigenvalue weighted by molar-refractivity contribution is 5.81. The number of hydrogen-bond acceptors (Lipinski definition) is 2. The second kappa shape index (κ2) is 6.30. The molecule has 1 aliphatic carbocycles. The molecule has 4 nitrogen and oxygen atoms in total. The molecule has 23 heavy (non-hydrogen) atoms. The molecule has 2 unspecified atom stereocenters. The largest absolute Gasteiger partial charge is 0.481 e. The maximum atomic E-state index is 13.0. The summed E-state index contributed by atoms with van der Waals surface area (Å²) in [7, 11) is 0. The molecule has 2 fully saturated rings. The summed E-state index contributed by atoms with van der Waals surface area (Å²) >= 11 is 0. The summed E-state index contributed by atoms with van der Waals surface area (Å²) in [5.74, 6) is -1.27. The standard InChI is InChI=1S/C18H22FNO3/c1-11-8-15(12-4-6-16(19)7-5-12)10-20(11)17(21)13-2-3-14(9-13)18(22)23/h4-7,11,13-15H,2-3,8-10H2,1H3,(H,22,23)/t11?,13-,14+,15?/m1/s1. The SMILES string of the molecule is CC1CC(c2ccc(F)cc2)CN1C(=O)[C@@H]1CC[C@H](C(=O)O)C1. The average Bonchev–Trinajstić information content (AvgIpc) is 3.14. The summed E-state index contributed by atoms with van der Waals surface area (Å²) in [5.41, 5.74) is 1.06. The molecule has 0 radical (unpaired) electrons. The van der Waals surface area contributed by atoms with Gasteiger partial charge in [-0.25, -0.2) is 4.39 Å². The number of carbonyl (C=O) groups excluding carboxylic acids is 1. The van der Waals surface area contributed by atoms with E-state index in [-0.39, 0.29) is 35.5 Å². The van der Waals surface area contributed by atoms with Crippen molar-refractivity contribution < 1.29 is 19.1 Å². The lowest BCUT2D eigenvalue weighted by molar-refractivity contribution is -0.141. The Morgan fingerprint density at radius 3 is 2.39 bits per heavy atom. The van der Waals surface area contributed by atoms with Crippen molar-refractivity contribution >= 4 is 11.9 Å². The van der Waals surface area contributed by atoms with Gasteiger partial charge in [-0.2, -0.15) is 0 Å². The lowest BCUT2D eigenvalue weighted by atomic mass is 9.97. The maximum Gasteiger partial charge on any atom is 0.306 e. The molecule has 1 aromatic carbocycles. The van der Waals surface area contributed by atoms with E-state index in [9.17, 15) is 14.0 Å². The number of rotatable bonds is 3. The van der Waals surface area contributed by atoms with Crippen molar-refractivity contribution in [2.75, 3.05) is 6.54 Å². The van der Waals surface area contributed by atoms with E-state index in [2.05, 4.69) is 0 Å². The average molecular weight is 319 g/mol. The van der Waals surface area contributed by atoms with Crippen molar-refractivity contribution in [3.05, 3.63) is 35.6 Å². The summed E-state index contributed by atoms with van der Waals surface area (Å²) in [4.78, 5) is 25.7. The van der Waals surface area contributed by atoms with Crippen LogP contribution in [-0.4, -0.2) is 34.5 Å². The number of carboxylic acid groups (broad SMARTS) is 1. The number of likely N-dealkylation sites (tertiary alicyclic amines) is 1. The molecule has 0 spiro atoms. The normalized spacial score (nSPS) is 30.6. The Morgan fingerprint density at radius 2 is 1.78 bits per heavy atom. The van der Waals surface area contributed by atoms with Crippen molar-refractivity contribution in [3.8, 4) is 0 Å². The number of carboxylic acids is 1. The number of amides is 1. The number of benzene rings is 1. The first kappa shape index (κ1) is 16.0. The first-order valence-corrected chi connectivity index (χ1v) is 8.24. The van der Waals surface area contributed by atoms with Crippen molar-refractivity contribution in [2.45, 2.75) is 44.6 Å². The summed E-state index contributed by atoms with van der Waals surface area (Å²) in [6, 6.07) is 6.63. The van der Waals surface area contributed by atoms with Crippen molar-refractivity contribution in [2.24, 2.45) is 11.8 Å². The van der Waals surface area contributed by atoms with Gasteiger partial charge in [0.15, 0.2) is 0 Å². The minimum atomic E-state index is -0.793. The molecule has 5 heteroatoms. The zero-order chi connectivity index (χ0) is 16.6. The minimum absolute atomic E-state index is 0.0888. The number of nitrogens with zero attached hydrogens (tertiary/aromatic N) is 1. The Kier molecular flexibility index (Phi) is 4.37. The van der Waals surface area contributed by atoms with Crippen LogP contribution in [0.4, 0.5) is 4.39 Å². The highest BCUT2D eigenvalue weighted by atomic mass is 19.1. The summed E-state index contributed by atoms with van der Waals surface area (Å²) in [6.45, 7) is 2.67. The topological polar surface area (TPSA) is 57.6 Å². The van der Waals surface area contributed by atoms with Gasteiger partial charge in [-0.1, -0.05) is 12.1 Å². The van der Waals surface area contributed by atoms with Gasteiger partial charge in [0.05, 0.1) is 5.92 Å². The Labute approximate surface area is 135 Å². The predicted molar refractivity (Wildman–Crippen MR) is 83.4 cm³/mol. The Bertz CT molecular complexity index is 601. The van der Waals surface area contributed by atoms with E-state index >= 15 is 0 Å². The van der Waals surface area contributed by atoms with Gasteiger partial charge in [0, 0.05) is 24.4 Å². The van der Waals surface area contributed by atoms with Gasteiger partial charge < -0.3 is 10.0 Å². The predicted octanol–water partition coefficient (Wildman–Crippen LogP) is 3.03. The van der Waals surface area contributed by atoms with E-state index in [0.29, 0.717) is 25.8 Å². The molecule has 2 aliphatic rings. The fourth-order valence-corrected chi connectivity index (χ4v) is 3.98. The van der Waals surface area contributed by atoms with Gasteiger partial charge in [-0.05, 0) is 50.3 Å². The number of hydrogen-bond donors (Lipinski definition) is 1. The molecule has 4 atom stereocenters. The van der Waals surface area contributed by atoms with Crippen LogP contribution in [0.25, 0.3) is 0 Å². The molecule has 0 aromatic heterocycles. The molecule has 1 aromatic rings. The Morgan fingerprint density at radius 1 is 1.13 bits per heavy atom. The minimum Gasteiger partial charge on any atom is -0.481 e. The van der Waals surface area contributed by atoms with Crippen LogP contribution in [0, 0.1) is 17.7 Å². The highest BCUT2D eigenvalue weighted by Crippen LogP contribution is 2.37. The van der Waals surface area contributed by atoms with Gasteiger partial charge >= 0.3 is 5.97 Å². The molecular weight excluding hydrogens is 297 g/mol. The Hall–Kier alpha value is -1.91. The summed E-state index contributed by atoms with van der Waals surface area (Å²) < 4.78 is 13.0. The van der Waals surface area contributed by atoms with Crippen LogP contribution in [-0.2, 0) is 9.59 Å². The van der Waals surface area contributed by atoms with E-state index in [1.807, 2.05) is 11.8 Å². The maximum absolute atomic E-state index is 13.0. The molecular formula is C18H22FNO3. The quantitative estimate of drug-likeness (QED) is 0.931. The first-order valence-electron chi connectivity index (χ1n) is 8.24. The molecule has 1 aliphatic heterocycles. The lowest BCUT2D eigenvalue weighted by Crippen LogP contribution is -2.38. The van der Waals surface area contributed by atoms with E-state index in [1.165, 1.54) is 12.1 Å². The van der Waals surface area contributed by atoms with Gasteiger partial charge in [0.1, 0.15) is 5.82 Å². The molecule has 1 amide bonds. The summed E-state index contributed by atoms with van der Waals surface area (Å²) in [6.07, 6.45) is 2.58. The van der Waals surface area contributed by atoms with Gasteiger partial charge in [0.25, 0.3) is 0 Å². The van der Waals surface area contributed by atoms with E-state index in [1.54, 1.807) is 12.1 Å². The van der Waals surface area contributed by atoms with Crippen molar-refractivity contribution in [3.63, 3.8) is 0 Å². The van der Waals surface area contributed by atoms with E-state index in [4.69, 9.17) is 5.11 Å². The number of halogens is 1. The lowest BCUT2D eigenvalue weighted by Gasteiger charge is -2.25. The van der Waals surface area contributed by atoms with E-state index < -0.39 is 5.97 Å². The molecule has 1 saturated carbocycles. The van der Waals surface area contributed by atoms with Crippen LogP contribution in [0.1, 0.15) is 44.1 Å². The first-order chi connectivity index (χ1) is 11.0. The zero-order valence-corrected chi connectivity index (χ0v) is 13.2. The number of aliphatic carboxylic acids is 1.